The second-order valence-corrected chi connectivity index (χ2v) is 4.84. The highest BCUT2D eigenvalue weighted by molar-refractivity contribution is 6.32. The summed E-state index contributed by atoms with van der Waals surface area (Å²) >= 11 is 6.13. The Kier molecular flexibility index (Phi) is 4.50. The molecule has 0 bridgehead atoms. The Labute approximate surface area is 117 Å². The molecule has 0 aliphatic carbocycles. The van der Waals surface area contributed by atoms with Gasteiger partial charge >= 0.3 is 0 Å². The Hall–Kier alpha value is -1.46. The van der Waals surface area contributed by atoms with Gasteiger partial charge in [0, 0.05) is 6.54 Å². The summed E-state index contributed by atoms with van der Waals surface area (Å²) in [7, 11) is 0. The summed E-state index contributed by atoms with van der Waals surface area (Å²) in [6.07, 6.45) is 0.662. The van der Waals surface area contributed by atoms with Crippen molar-refractivity contribution in [3.05, 3.63) is 22.7 Å². The molecule has 19 heavy (non-hydrogen) atoms. The fourth-order valence-corrected chi connectivity index (χ4v) is 2.09. The molecule has 0 fully saturated rings. The first-order valence-electron chi connectivity index (χ1n) is 6.19. The molecule has 1 aliphatic heterocycles. The molecule has 0 radical (unpaired) electrons. The molecule has 5 nitrogen and oxygen atoms in total. The average molecular weight is 285 g/mol. The lowest BCUT2D eigenvalue weighted by atomic mass is 10.1. The number of carbonyl (C=O) groups is 1. The molecule has 1 aromatic carbocycles. The summed E-state index contributed by atoms with van der Waals surface area (Å²) in [6, 6.07) is 3.22. The lowest BCUT2D eigenvalue weighted by molar-refractivity contribution is -0.121. The van der Waals surface area contributed by atoms with Crippen molar-refractivity contribution in [1.82, 2.24) is 5.32 Å². The fraction of sp³-hybridized carbons (Fsp3) is 0.462. The molecule has 3 N–H and O–H groups in total. The van der Waals surface area contributed by atoms with Gasteiger partial charge in [-0.25, -0.2) is 0 Å². The van der Waals surface area contributed by atoms with Crippen molar-refractivity contribution in [2.75, 3.05) is 19.8 Å². The molecule has 104 valence electrons. The van der Waals surface area contributed by atoms with Gasteiger partial charge in [-0.15, -0.1) is 0 Å². The molecule has 1 atom stereocenters. The van der Waals surface area contributed by atoms with Crippen LogP contribution < -0.4 is 20.5 Å². The van der Waals surface area contributed by atoms with Crippen LogP contribution in [-0.4, -0.2) is 31.7 Å². The molecular weight excluding hydrogens is 268 g/mol. The van der Waals surface area contributed by atoms with Crippen LogP contribution in [0.25, 0.3) is 0 Å². The van der Waals surface area contributed by atoms with E-state index >= 15 is 0 Å². The van der Waals surface area contributed by atoms with Gasteiger partial charge in [0.05, 0.1) is 11.1 Å². The SMILES string of the molecule is C[C@@H](N)C(=O)NCCc1cc(Cl)c2c(c1)OCCO2. The van der Waals surface area contributed by atoms with Gasteiger partial charge in [0.15, 0.2) is 11.5 Å². The third-order valence-corrected chi connectivity index (χ3v) is 3.06. The van der Waals surface area contributed by atoms with Crippen LogP contribution in [-0.2, 0) is 11.2 Å². The molecule has 0 spiro atoms. The maximum atomic E-state index is 11.3. The van der Waals surface area contributed by atoms with E-state index < -0.39 is 6.04 Å². The monoisotopic (exact) mass is 284 g/mol. The maximum Gasteiger partial charge on any atom is 0.236 e. The largest absolute Gasteiger partial charge is 0.486 e. The summed E-state index contributed by atoms with van der Waals surface area (Å²) in [5.74, 6) is 1.09. The first-order chi connectivity index (χ1) is 9.08. The Morgan fingerprint density at radius 2 is 2.21 bits per heavy atom. The molecule has 0 aromatic heterocycles. The van der Waals surface area contributed by atoms with Crippen molar-refractivity contribution in [2.24, 2.45) is 5.73 Å². The second-order valence-electron chi connectivity index (χ2n) is 4.43. The number of benzene rings is 1. The van der Waals surface area contributed by atoms with Crippen molar-refractivity contribution >= 4 is 17.5 Å². The molecule has 1 heterocycles. The van der Waals surface area contributed by atoms with Gasteiger partial charge < -0.3 is 20.5 Å². The van der Waals surface area contributed by atoms with Gasteiger partial charge in [-0.1, -0.05) is 11.6 Å². The van der Waals surface area contributed by atoms with Gasteiger partial charge in [0.25, 0.3) is 0 Å². The standard InChI is InChI=1S/C13H17ClN2O3/c1-8(15)13(17)16-3-2-9-6-10(14)12-11(7-9)18-4-5-19-12/h6-8H,2-5,15H2,1H3,(H,16,17)/t8-/m1/s1. The summed E-state index contributed by atoms with van der Waals surface area (Å²) < 4.78 is 10.9. The maximum absolute atomic E-state index is 11.3. The van der Waals surface area contributed by atoms with Crippen LogP contribution in [0.3, 0.4) is 0 Å². The zero-order valence-corrected chi connectivity index (χ0v) is 11.5. The number of ether oxygens (including phenoxy) is 2. The summed E-state index contributed by atoms with van der Waals surface area (Å²) in [4.78, 5) is 11.3. The molecule has 0 unspecified atom stereocenters. The Morgan fingerprint density at radius 3 is 2.95 bits per heavy atom. The third kappa shape index (κ3) is 3.52. The van der Waals surface area contributed by atoms with E-state index in [1.54, 1.807) is 6.92 Å². The lowest BCUT2D eigenvalue weighted by Gasteiger charge is -2.20. The average Bonchev–Trinajstić information content (AvgIpc) is 2.38. The van der Waals surface area contributed by atoms with Crippen molar-refractivity contribution in [2.45, 2.75) is 19.4 Å². The van der Waals surface area contributed by atoms with E-state index in [0.717, 1.165) is 5.56 Å². The zero-order chi connectivity index (χ0) is 13.8. The zero-order valence-electron chi connectivity index (χ0n) is 10.7. The van der Waals surface area contributed by atoms with Gasteiger partial charge in [0.2, 0.25) is 5.91 Å². The van der Waals surface area contributed by atoms with Crippen LogP contribution >= 0.6 is 11.6 Å². The molecule has 6 heteroatoms. The van der Waals surface area contributed by atoms with Gasteiger partial charge in [-0.3, -0.25) is 4.79 Å². The van der Waals surface area contributed by atoms with Crippen LogP contribution in [0, 0.1) is 0 Å². The van der Waals surface area contributed by atoms with Gasteiger partial charge in [0.1, 0.15) is 13.2 Å². The number of nitrogens with two attached hydrogens (primary N) is 1. The van der Waals surface area contributed by atoms with E-state index in [9.17, 15) is 4.79 Å². The van der Waals surface area contributed by atoms with E-state index in [1.807, 2.05) is 12.1 Å². The van der Waals surface area contributed by atoms with E-state index in [1.165, 1.54) is 0 Å². The van der Waals surface area contributed by atoms with E-state index in [2.05, 4.69) is 5.32 Å². The Bertz CT molecular complexity index is 477. The number of fused-ring (bicyclic) bond motifs is 1. The van der Waals surface area contributed by atoms with E-state index in [4.69, 9.17) is 26.8 Å². The van der Waals surface area contributed by atoms with Crippen molar-refractivity contribution in [3.8, 4) is 11.5 Å². The topological polar surface area (TPSA) is 73.6 Å². The number of nitrogens with one attached hydrogen (secondary N) is 1. The second kappa shape index (κ2) is 6.12. The Balaban J connectivity index is 1.98. The van der Waals surface area contributed by atoms with Crippen LogP contribution in [0.15, 0.2) is 12.1 Å². The number of hydrogen-bond acceptors (Lipinski definition) is 4. The highest BCUT2D eigenvalue weighted by Crippen LogP contribution is 2.38. The smallest absolute Gasteiger partial charge is 0.236 e. The molecular formula is C13H17ClN2O3. The molecule has 1 aliphatic rings. The van der Waals surface area contributed by atoms with Crippen LogP contribution in [0.2, 0.25) is 5.02 Å². The molecule has 1 aromatic rings. The number of carbonyl (C=O) groups excluding carboxylic acids is 1. The predicted molar refractivity (Wildman–Crippen MR) is 72.8 cm³/mol. The summed E-state index contributed by atoms with van der Waals surface area (Å²) in [6.45, 7) is 3.19. The minimum absolute atomic E-state index is 0.163. The summed E-state index contributed by atoms with van der Waals surface area (Å²) in [5, 5.41) is 3.28. The number of amides is 1. The van der Waals surface area contributed by atoms with Crippen molar-refractivity contribution in [1.29, 1.82) is 0 Å². The van der Waals surface area contributed by atoms with Crippen molar-refractivity contribution < 1.29 is 14.3 Å². The highest BCUT2D eigenvalue weighted by atomic mass is 35.5. The quantitative estimate of drug-likeness (QED) is 0.869. The highest BCUT2D eigenvalue weighted by Gasteiger charge is 2.16. The summed E-state index contributed by atoms with van der Waals surface area (Å²) in [5.41, 5.74) is 6.45. The minimum atomic E-state index is -0.496. The minimum Gasteiger partial charge on any atom is -0.486 e. The van der Waals surface area contributed by atoms with E-state index in [0.29, 0.717) is 42.7 Å². The van der Waals surface area contributed by atoms with Gasteiger partial charge in [-0.2, -0.15) is 0 Å². The van der Waals surface area contributed by atoms with Crippen LogP contribution in [0.1, 0.15) is 12.5 Å². The predicted octanol–water partition coefficient (Wildman–Crippen LogP) is 1.12. The van der Waals surface area contributed by atoms with Crippen LogP contribution in [0.5, 0.6) is 11.5 Å². The molecule has 0 saturated heterocycles. The van der Waals surface area contributed by atoms with E-state index in [-0.39, 0.29) is 5.91 Å². The van der Waals surface area contributed by atoms with Crippen molar-refractivity contribution in [3.63, 3.8) is 0 Å². The fourth-order valence-electron chi connectivity index (χ4n) is 1.80. The van der Waals surface area contributed by atoms with Crippen LogP contribution in [0.4, 0.5) is 0 Å². The lowest BCUT2D eigenvalue weighted by Crippen LogP contribution is -2.39. The first-order valence-corrected chi connectivity index (χ1v) is 6.57. The number of halogens is 1. The molecule has 1 amide bonds. The third-order valence-electron chi connectivity index (χ3n) is 2.78. The number of hydrogen-bond donors (Lipinski definition) is 2. The van der Waals surface area contributed by atoms with Gasteiger partial charge in [-0.05, 0) is 31.0 Å². The Morgan fingerprint density at radius 1 is 1.47 bits per heavy atom. The molecule has 2 rings (SSSR count). The number of rotatable bonds is 4. The normalized spacial score (nSPS) is 14.9. The molecule has 0 saturated carbocycles. The first kappa shape index (κ1) is 14.0.